The van der Waals surface area contributed by atoms with Crippen LogP contribution >= 0.6 is 11.8 Å². The normalized spacial score (nSPS) is 11.5. The highest BCUT2D eigenvalue weighted by atomic mass is 32.2. The molecule has 0 saturated carbocycles. The molecule has 1 aromatic rings. The Bertz CT molecular complexity index is 377. The molecule has 1 aromatic carbocycles. The highest BCUT2D eigenvalue weighted by Gasteiger charge is 2.14. The van der Waals surface area contributed by atoms with Gasteiger partial charge in [-0.1, -0.05) is 52.3 Å². The van der Waals surface area contributed by atoms with Gasteiger partial charge in [-0.05, 0) is 18.1 Å². The van der Waals surface area contributed by atoms with Crippen LogP contribution in [0.2, 0.25) is 0 Å². The minimum Gasteiger partial charge on any atom is -0.293 e. The van der Waals surface area contributed by atoms with Gasteiger partial charge in [-0.15, -0.1) is 11.8 Å². The molecular weight excluding hydrogens is 228 g/mol. The van der Waals surface area contributed by atoms with E-state index in [4.69, 9.17) is 0 Å². The topological polar surface area (TPSA) is 17.1 Å². The van der Waals surface area contributed by atoms with Crippen LogP contribution in [0, 0.1) is 0 Å². The van der Waals surface area contributed by atoms with Gasteiger partial charge < -0.3 is 0 Å². The maximum Gasteiger partial charge on any atom is 0.172 e. The first-order chi connectivity index (χ1) is 7.92. The summed E-state index contributed by atoms with van der Waals surface area (Å²) in [6, 6.07) is 8.04. The molecule has 0 spiro atoms. The lowest BCUT2D eigenvalue weighted by Crippen LogP contribution is -2.13. The molecule has 0 fully saturated rings. The number of carbonyl (C=O) groups is 1. The molecule has 1 rings (SSSR count). The lowest BCUT2D eigenvalue weighted by atomic mass is 10.1. The molecule has 17 heavy (non-hydrogen) atoms. The Morgan fingerprint density at radius 3 is 2.59 bits per heavy atom. The van der Waals surface area contributed by atoms with Crippen LogP contribution in [0.15, 0.2) is 24.3 Å². The first kappa shape index (κ1) is 14.3. The average Bonchev–Trinajstić information content (AvgIpc) is 2.26. The van der Waals surface area contributed by atoms with E-state index in [1.165, 1.54) is 5.56 Å². The third kappa shape index (κ3) is 5.40. The van der Waals surface area contributed by atoms with Crippen LogP contribution in [-0.2, 0) is 6.42 Å². The molecule has 0 aromatic heterocycles. The molecule has 0 aliphatic carbocycles. The molecule has 0 unspecified atom stereocenters. The number of rotatable bonds is 5. The number of Topliss-reactive ketones (excluding diaryl/α,β-unsaturated/α-hetero) is 1. The molecule has 0 bridgehead atoms. The third-order valence-electron chi connectivity index (χ3n) is 2.42. The maximum absolute atomic E-state index is 12.0. The maximum atomic E-state index is 12.0. The fourth-order valence-electron chi connectivity index (χ4n) is 1.55. The summed E-state index contributed by atoms with van der Waals surface area (Å²) in [6.45, 7) is 8.57. The second-order valence-corrected chi connectivity index (χ2v) is 7.08. The molecule has 2 heteroatoms. The predicted molar refractivity (Wildman–Crippen MR) is 77.0 cm³/mol. The van der Waals surface area contributed by atoms with Crippen LogP contribution in [-0.4, -0.2) is 16.3 Å². The van der Waals surface area contributed by atoms with E-state index in [9.17, 15) is 4.79 Å². The molecule has 0 N–H and O–H groups in total. The van der Waals surface area contributed by atoms with Crippen molar-refractivity contribution in [3.05, 3.63) is 35.4 Å². The summed E-state index contributed by atoms with van der Waals surface area (Å²) in [5, 5.41) is 0. The van der Waals surface area contributed by atoms with Crippen molar-refractivity contribution in [2.24, 2.45) is 0 Å². The van der Waals surface area contributed by atoms with Crippen LogP contribution in [0.1, 0.15) is 50.0 Å². The van der Waals surface area contributed by atoms with Gasteiger partial charge in [-0.3, -0.25) is 4.79 Å². The molecule has 0 radical (unpaired) electrons. The van der Waals surface area contributed by atoms with E-state index in [0.717, 1.165) is 18.4 Å². The summed E-state index contributed by atoms with van der Waals surface area (Å²) in [4.78, 5) is 12.0. The number of carbonyl (C=O) groups excluding carboxylic acids is 1. The third-order valence-corrected chi connectivity index (χ3v) is 3.70. The van der Waals surface area contributed by atoms with Crippen molar-refractivity contribution in [3.8, 4) is 0 Å². The van der Waals surface area contributed by atoms with Crippen LogP contribution in [0.3, 0.4) is 0 Å². The molecule has 0 aliphatic rings. The number of ketones is 1. The van der Waals surface area contributed by atoms with Crippen LogP contribution in [0.4, 0.5) is 0 Å². The first-order valence-electron chi connectivity index (χ1n) is 6.18. The van der Waals surface area contributed by atoms with Crippen molar-refractivity contribution < 1.29 is 4.79 Å². The summed E-state index contributed by atoms with van der Waals surface area (Å²) >= 11 is 1.71. The summed E-state index contributed by atoms with van der Waals surface area (Å²) in [6.07, 6.45) is 2.17. The van der Waals surface area contributed by atoms with Gasteiger partial charge in [0.2, 0.25) is 0 Å². The Morgan fingerprint density at radius 2 is 2.00 bits per heavy atom. The molecular formula is C15H22OS. The van der Waals surface area contributed by atoms with E-state index in [-0.39, 0.29) is 10.5 Å². The Balaban J connectivity index is 2.65. The van der Waals surface area contributed by atoms with Gasteiger partial charge in [0.25, 0.3) is 0 Å². The van der Waals surface area contributed by atoms with Crippen LogP contribution in [0.5, 0.6) is 0 Å². The molecule has 1 nitrogen and oxygen atoms in total. The minimum absolute atomic E-state index is 0.149. The van der Waals surface area contributed by atoms with Gasteiger partial charge in [0.1, 0.15) is 0 Å². The van der Waals surface area contributed by atoms with Crippen molar-refractivity contribution in [1.82, 2.24) is 0 Å². The lowest BCUT2D eigenvalue weighted by molar-refractivity contribution is 0.102. The highest BCUT2D eigenvalue weighted by molar-refractivity contribution is 8.01. The average molecular weight is 250 g/mol. The van der Waals surface area contributed by atoms with Gasteiger partial charge in [0.05, 0.1) is 5.75 Å². The molecule has 0 heterocycles. The van der Waals surface area contributed by atoms with E-state index in [1.54, 1.807) is 11.8 Å². The molecule has 0 amide bonds. The SMILES string of the molecule is CCCc1cccc(C(=O)CSC(C)(C)C)c1. The minimum atomic E-state index is 0.149. The second-order valence-electron chi connectivity index (χ2n) is 5.27. The van der Waals surface area contributed by atoms with E-state index in [2.05, 4.69) is 33.8 Å². The Hall–Kier alpha value is -0.760. The Kier molecular flexibility index (Phi) is 5.26. The van der Waals surface area contributed by atoms with Crippen LogP contribution in [0.25, 0.3) is 0 Å². The fourth-order valence-corrected chi connectivity index (χ4v) is 2.29. The number of aryl methyl sites for hydroxylation is 1. The zero-order valence-electron chi connectivity index (χ0n) is 11.2. The van der Waals surface area contributed by atoms with Crippen molar-refractivity contribution in [2.45, 2.75) is 45.3 Å². The number of thioether (sulfide) groups is 1. The predicted octanol–water partition coefficient (Wildman–Crippen LogP) is 4.35. The largest absolute Gasteiger partial charge is 0.293 e. The van der Waals surface area contributed by atoms with Crippen molar-refractivity contribution in [2.75, 3.05) is 5.75 Å². The smallest absolute Gasteiger partial charge is 0.172 e. The monoisotopic (exact) mass is 250 g/mol. The molecule has 94 valence electrons. The van der Waals surface area contributed by atoms with Gasteiger partial charge in [0, 0.05) is 10.3 Å². The summed E-state index contributed by atoms with van der Waals surface area (Å²) < 4.78 is 0.149. The zero-order chi connectivity index (χ0) is 12.9. The van der Waals surface area contributed by atoms with Gasteiger partial charge in [-0.25, -0.2) is 0 Å². The van der Waals surface area contributed by atoms with Gasteiger partial charge >= 0.3 is 0 Å². The Morgan fingerprint density at radius 1 is 1.29 bits per heavy atom. The highest BCUT2D eigenvalue weighted by Crippen LogP contribution is 2.24. The summed E-state index contributed by atoms with van der Waals surface area (Å²) in [5.74, 6) is 0.807. The Labute approximate surface area is 109 Å². The summed E-state index contributed by atoms with van der Waals surface area (Å²) in [5.41, 5.74) is 2.12. The molecule has 0 aliphatic heterocycles. The van der Waals surface area contributed by atoms with E-state index in [0.29, 0.717) is 5.75 Å². The number of hydrogen-bond acceptors (Lipinski definition) is 2. The van der Waals surface area contributed by atoms with E-state index < -0.39 is 0 Å². The number of benzene rings is 1. The first-order valence-corrected chi connectivity index (χ1v) is 7.17. The van der Waals surface area contributed by atoms with Crippen molar-refractivity contribution >= 4 is 17.5 Å². The zero-order valence-corrected chi connectivity index (χ0v) is 12.1. The van der Waals surface area contributed by atoms with Crippen molar-refractivity contribution in [1.29, 1.82) is 0 Å². The van der Waals surface area contributed by atoms with Crippen LogP contribution < -0.4 is 0 Å². The van der Waals surface area contributed by atoms with E-state index >= 15 is 0 Å². The lowest BCUT2D eigenvalue weighted by Gasteiger charge is -2.16. The molecule has 0 atom stereocenters. The van der Waals surface area contributed by atoms with Gasteiger partial charge in [-0.2, -0.15) is 0 Å². The van der Waals surface area contributed by atoms with Gasteiger partial charge in [0.15, 0.2) is 5.78 Å². The fraction of sp³-hybridized carbons (Fsp3) is 0.533. The number of hydrogen-bond donors (Lipinski definition) is 0. The summed E-state index contributed by atoms with van der Waals surface area (Å²) in [7, 11) is 0. The molecule has 0 saturated heterocycles. The quantitative estimate of drug-likeness (QED) is 0.723. The second kappa shape index (κ2) is 6.25. The van der Waals surface area contributed by atoms with Crippen molar-refractivity contribution in [3.63, 3.8) is 0 Å². The standard InChI is InChI=1S/C15H22OS/c1-5-7-12-8-6-9-13(10-12)14(16)11-17-15(2,3)4/h6,8-10H,5,7,11H2,1-4H3. The van der Waals surface area contributed by atoms with E-state index in [1.807, 2.05) is 18.2 Å².